The molecule has 22 heavy (non-hydrogen) atoms. The number of nitrogens with one attached hydrogen (secondary N) is 2. The molecule has 0 amide bonds. The van der Waals surface area contributed by atoms with Crippen LogP contribution in [-0.4, -0.2) is 48.7 Å². The van der Waals surface area contributed by atoms with Gasteiger partial charge in [-0.2, -0.15) is 0 Å². The zero-order chi connectivity index (χ0) is 15.7. The second-order valence-corrected chi connectivity index (χ2v) is 6.66. The molecule has 0 radical (unpaired) electrons. The largest absolute Gasteiger partial charge is 0.378 e. The van der Waals surface area contributed by atoms with Crippen molar-refractivity contribution in [1.82, 2.24) is 15.2 Å². The molecule has 0 aromatic carbocycles. The number of ether oxygens (including phenoxy) is 1. The van der Waals surface area contributed by atoms with Gasteiger partial charge in [-0.3, -0.25) is 4.99 Å². The summed E-state index contributed by atoms with van der Waals surface area (Å²) in [4.78, 5) is 9.76. The van der Waals surface area contributed by atoms with Gasteiger partial charge in [0.1, 0.15) is 0 Å². The molecule has 2 atom stereocenters. The molecule has 1 saturated carbocycles. The van der Waals surface area contributed by atoms with E-state index in [0.717, 1.165) is 18.9 Å². The van der Waals surface area contributed by atoms with Crippen molar-refractivity contribution in [2.45, 2.75) is 45.4 Å². The fourth-order valence-electron chi connectivity index (χ4n) is 3.02. The van der Waals surface area contributed by atoms with Crippen LogP contribution in [0, 0.1) is 5.41 Å². The Balaban J connectivity index is 0.00000242. The molecule has 1 aliphatic rings. The van der Waals surface area contributed by atoms with Crippen molar-refractivity contribution in [2.24, 2.45) is 10.4 Å². The van der Waals surface area contributed by atoms with Crippen molar-refractivity contribution >= 4 is 29.9 Å². The topological polar surface area (TPSA) is 52.7 Å². The minimum Gasteiger partial charge on any atom is -0.378 e. The molecule has 0 bridgehead atoms. The van der Waals surface area contributed by atoms with Crippen LogP contribution >= 0.6 is 24.0 Å². The van der Waals surface area contributed by atoms with Gasteiger partial charge in [0, 0.05) is 44.6 Å². The van der Waals surface area contributed by atoms with Crippen LogP contribution in [0.4, 0.5) is 0 Å². The lowest BCUT2D eigenvalue weighted by Gasteiger charge is -2.59. The molecule has 126 valence electrons. The standard InChI is InChI=1S/C16H28N4O.HI/c1-15(2)13(10-16(15,3)21-6)19-14(17-4)20(5)11-12-8-7-9-18-12;/h7-9,13,18H,10-11H2,1-6H3,(H,17,19);1H. The minimum atomic E-state index is -0.0679. The van der Waals surface area contributed by atoms with Crippen LogP contribution < -0.4 is 5.32 Å². The molecule has 1 aliphatic carbocycles. The first-order chi connectivity index (χ1) is 9.84. The Morgan fingerprint density at radius 2 is 2.18 bits per heavy atom. The maximum Gasteiger partial charge on any atom is 0.193 e. The fraction of sp³-hybridized carbons (Fsp3) is 0.688. The number of nitrogens with zero attached hydrogens (tertiary/aromatic N) is 2. The van der Waals surface area contributed by atoms with Crippen molar-refractivity contribution in [1.29, 1.82) is 0 Å². The smallest absolute Gasteiger partial charge is 0.193 e. The highest BCUT2D eigenvalue weighted by Gasteiger charge is 2.58. The van der Waals surface area contributed by atoms with Gasteiger partial charge in [0.2, 0.25) is 0 Å². The lowest BCUT2D eigenvalue weighted by Crippen LogP contribution is -2.69. The summed E-state index contributed by atoms with van der Waals surface area (Å²) >= 11 is 0. The van der Waals surface area contributed by atoms with E-state index >= 15 is 0 Å². The summed E-state index contributed by atoms with van der Waals surface area (Å²) < 4.78 is 5.68. The predicted octanol–water partition coefficient (Wildman–Crippen LogP) is 2.84. The number of hydrogen-bond acceptors (Lipinski definition) is 2. The van der Waals surface area contributed by atoms with Crippen molar-refractivity contribution in [3.8, 4) is 0 Å². The number of aromatic amines is 1. The molecule has 5 nitrogen and oxygen atoms in total. The highest BCUT2D eigenvalue weighted by atomic mass is 127. The third-order valence-electron chi connectivity index (χ3n) is 5.22. The normalized spacial score (nSPS) is 26.8. The number of guanidine groups is 1. The third kappa shape index (κ3) is 3.42. The second-order valence-electron chi connectivity index (χ2n) is 6.66. The van der Waals surface area contributed by atoms with E-state index in [0.29, 0.717) is 6.04 Å². The molecule has 2 unspecified atom stereocenters. The molecule has 0 spiro atoms. The molecule has 2 rings (SSSR count). The lowest BCUT2D eigenvalue weighted by atomic mass is 9.56. The average molecular weight is 420 g/mol. The van der Waals surface area contributed by atoms with Crippen LogP contribution in [0.2, 0.25) is 0 Å². The Hall–Kier alpha value is -0.760. The second kappa shape index (κ2) is 7.21. The monoisotopic (exact) mass is 420 g/mol. The van der Waals surface area contributed by atoms with Gasteiger partial charge in [-0.05, 0) is 25.5 Å². The molecule has 0 saturated heterocycles. The van der Waals surface area contributed by atoms with E-state index in [4.69, 9.17) is 4.74 Å². The molecular formula is C16H29IN4O. The summed E-state index contributed by atoms with van der Waals surface area (Å²) in [5, 5.41) is 3.58. The van der Waals surface area contributed by atoms with Gasteiger partial charge in [0.05, 0.1) is 12.1 Å². The first-order valence-corrected chi connectivity index (χ1v) is 7.46. The fourth-order valence-corrected chi connectivity index (χ4v) is 3.02. The van der Waals surface area contributed by atoms with Crippen molar-refractivity contribution in [3.05, 3.63) is 24.0 Å². The molecule has 2 N–H and O–H groups in total. The van der Waals surface area contributed by atoms with Crippen LogP contribution in [0.25, 0.3) is 0 Å². The van der Waals surface area contributed by atoms with Crippen LogP contribution in [0.5, 0.6) is 0 Å². The summed E-state index contributed by atoms with van der Waals surface area (Å²) in [5.74, 6) is 0.917. The summed E-state index contributed by atoms with van der Waals surface area (Å²) in [6.07, 6.45) is 2.93. The number of rotatable bonds is 4. The van der Waals surface area contributed by atoms with Gasteiger partial charge in [-0.15, -0.1) is 24.0 Å². The average Bonchev–Trinajstić information content (AvgIpc) is 2.95. The molecule has 6 heteroatoms. The van der Waals surface area contributed by atoms with Crippen molar-refractivity contribution in [3.63, 3.8) is 0 Å². The van der Waals surface area contributed by atoms with Crippen molar-refractivity contribution < 1.29 is 4.74 Å². The van der Waals surface area contributed by atoms with E-state index in [-0.39, 0.29) is 35.0 Å². The zero-order valence-corrected chi connectivity index (χ0v) is 16.8. The van der Waals surface area contributed by atoms with E-state index in [1.165, 1.54) is 5.69 Å². The van der Waals surface area contributed by atoms with Gasteiger partial charge in [-0.25, -0.2) is 0 Å². The van der Waals surface area contributed by atoms with E-state index in [2.05, 4.69) is 54.1 Å². The van der Waals surface area contributed by atoms with Gasteiger partial charge in [0.15, 0.2) is 5.96 Å². The van der Waals surface area contributed by atoms with Crippen LogP contribution in [-0.2, 0) is 11.3 Å². The maximum atomic E-state index is 5.68. The molecule has 0 aliphatic heterocycles. The predicted molar refractivity (Wildman–Crippen MR) is 102 cm³/mol. The first kappa shape index (κ1) is 19.3. The Morgan fingerprint density at radius 3 is 2.64 bits per heavy atom. The van der Waals surface area contributed by atoms with Crippen LogP contribution in [0.3, 0.4) is 0 Å². The summed E-state index contributed by atoms with van der Waals surface area (Å²) in [6.45, 7) is 7.48. The SMILES string of the molecule is CN=C(NC1CC(C)(OC)C1(C)C)N(C)Cc1ccc[nH]1.I. The summed E-state index contributed by atoms with van der Waals surface area (Å²) in [6, 6.07) is 4.46. The van der Waals surface area contributed by atoms with Gasteiger partial charge in [-0.1, -0.05) is 13.8 Å². The van der Waals surface area contributed by atoms with E-state index in [1.807, 2.05) is 19.3 Å². The molecular weight excluding hydrogens is 391 g/mol. The highest BCUT2D eigenvalue weighted by molar-refractivity contribution is 14.0. The molecule has 1 aromatic rings. The number of halogens is 1. The van der Waals surface area contributed by atoms with E-state index < -0.39 is 0 Å². The first-order valence-electron chi connectivity index (χ1n) is 7.46. The van der Waals surface area contributed by atoms with Crippen LogP contribution in [0.1, 0.15) is 32.9 Å². The number of methoxy groups -OCH3 is 1. The van der Waals surface area contributed by atoms with Gasteiger partial charge < -0.3 is 19.9 Å². The van der Waals surface area contributed by atoms with Crippen LogP contribution in [0.15, 0.2) is 23.3 Å². The Morgan fingerprint density at radius 1 is 1.50 bits per heavy atom. The molecule has 1 fully saturated rings. The lowest BCUT2D eigenvalue weighted by molar-refractivity contribution is -0.176. The molecule has 1 heterocycles. The van der Waals surface area contributed by atoms with E-state index in [1.54, 1.807) is 7.11 Å². The molecule has 1 aromatic heterocycles. The Kier molecular flexibility index (Phi) is 6.32. The third-order valence-corrected chi connectivity index (χ3v) is 5.22. The number of hydrogen-bond donors (Lipinski definition) is 2. The van der Waals surface area contributed by atoms with Gasteiger partial charge in [0.25, 0.3) is 0 Å². The minimum absolute atomic E-state index is 0. The maximum absolute atomic E-state index is 5.68. The number of H-pyrrole nitrogens is 1. The Bertz CT molecular complexity index is 500. The zero-order valence-electron chi connectivity index (χ0n) is 14.4. The quantitative estimate of drug-likeness (QED) is 0.448. The summed E-state index contributed by atoms with van der Waals surface area (Å²) in [7, 11) is 5.68. The highest BCUT2D eigenvalue weighted by Crippen LogP contribution is 2.51. The van der Waals surface area contributed by atoms with Crippen molar-refractivity contribution in [2.75, 3.05) is 21.2 Å². The number of aliphatic imine (C=N–C) groups is 1. The van der Waals surface area contributed by atoms with E-state index in [9.17, 15) is 0 Å². The Labute approximate surface area is 150 Å². The van der Waals surface area contributed by atoms with Gasteiger partial charge >= 0.3 is 0 Å². The summed E-state index contributed by atoms with van der Waals surface area (Å²) in [5.41, 5.74) is 1.18. The number of aromatic nitrogens is 1.